The number of hydrogen-bond donors (Lipinski definition) is 1. The zero-order chi connectivity index (χ0) is 20.4. The van der Waals surface area contributed by atoms with Crippen molar-refractivity contribution in [2.45, 2.75) is 48.1 Å². The van der Waals surface area contributed by atoms with Crippen molar-refractivity contribution in [1.29, 1.82) is 0 Å². The van der Waals surface area contributed by atoms with Crippen LogP contribution in [-0.4, -0.2) is 19.1 Å². The molecule has 4 heterocycles. The summed E-state index contributed by atoms with van der Waals surface area (Å²) in [6.45, 7) is 13.2. The molecule has 5 heteroatoms. The zero-order valence-electron chi connectivity index (χ0n) is 17.7. The minimum absolute atomic E-state index is 0.810. The van der Waals surface area contributed by atoms with Gasteiger partial charge in [-0.25, -0.2) is 0 Å². The fraction of sp³-hybridized carbons (Fsp3) is 0.364. The molecular weight excluding hydrogens is 334 g/mol. The number of rotatable bonds is 1. The van der Waals surface area contributed by atoms with Gasteiger partial charge in [0.1, 0.15) is 0 Å². The summed E-state index contributed by atoms with van der Waals surface area (Å²) in [4.78, 5) is 8.18. The lowest BCUT2D eigenvalue weighted by Gasteiger charge is -1.99. The molecule has 0 spiro atoms. The second-order valence-corrected chi connectivity index (χ2v) is 5.58. The number of anilines is 1. The highest BCUT2D eigenvalue weighted by Gasteiger charge is 2.01. The van der Waals surface area contributed by atoms with Crippen LogP contribution in [0.4, 0.5) is 5.69 Å². The van der Waals surface area contributed by atoms with Gasteiger partial charge in [0.2, 0.25) is 0 Å². The first-order valence-electron chi connectivity index (χ1n) is 9.65. The first kappa shape index (κ1) is 22.2. The molecule has 2 N–H and O–H groups in total. The van der Waals surface area contributed by atoms with Crippen molar-refractivity contribution < 1.29 is 0 Å². The van der Waals surface area contributed by atoms with Crippen molar-refractivity contribution in [2.24, 2.45) is 7.05 Å². The van der Waals surface area contributed by atoms with Gasteiger partial charge in [-0.3, -0.25) is 9.97 Å². The molecule has 0 aliphatic heterocycles. The topological polar surface area (TPSA) is 61.7 Å². The van der Waals surface area contributed by atoms with Crippen molar-refractivity contribution >= 4 is 27.5 Å². The average Bonchev–Trinajstić information content (AvgIpc) is 3.28. The fourth-order valence-electron chi connectivity index (χ4n) is 2.79. The fourth-order valence-corrected chi connectivity index (χ4v) is 2.79. The Morgan fingerprint density at radius 2 is 1.59 bits per heavy atom. The van der Waals surface area contributed by atoms with Gasteiger partial charge in [0.15, 0.2) is 0 Å². The first-order chi connectivity index (χ1) is 13.1. The van der Waals surface area contributed by atoms with Crippen LogP contribution in [0.25, 0.3) is 21.8 Å². The molecule has 4 rings (SSSR count). The lowest BCUT2D eigenvalue weighted by Crippen LogP contribution is -1.91. The number of hydrogen-bond acceptors (Lipinski definition) is 3. The molecule has 0 atom stereocenters. The van der Waals surface area contributed by atoms with Crippen LogP contribution in [0.15, 0.2) is 49.3 Å². The van der Waals surface area contributed by atoms with Gasteiger partial charge in [0.25, 0.3) is 0 Å². The number of aromatic nitrogens is 4. The predicted octanol–water partition coefficient (Wildman–Crippen LogP) is 5.57. The van der Waals surface area contributed by atoms with Crippen LogP contribution in [0.2, 0.25) is 0 Å². The average molecular weight is 368 g/mol. The van der Waals surface area contributed by atoms with Gasteiger partial charge >= 0.3 is 0 Å². The van der Waals surface area contributed by atoms with E-state index in [-0.39, 0.29) is 0 Å². The maximum atomic E-state index is 5.73. The number of pyridine rings is 2. The van der Waals surface area contributed by atoms with E-state index in [1.807, 2.05) is 70.2 Å². The summed E-state index contributed by atoms with van der Waals surface area (Å²) in [6.07, 6.45) is 11.4. The molecule has 0 bridgehead atoms. The van der Waals surface area contributed by atoms with Crippen LogP contribution in [-0.2, 0) is 13.6 Å². The summed E-state index contributed by atoms with van der Waals surface area (Å²) in [5.74, 6) is 0. The van der Waals surface area contributed by atoms with Crippen molar-refractivity contribution in [3.05, 3.63) is 54.9 Å². The highest BCUT2D eigenvalue weighted by molar-refractivity contribution is 5.90. The molecule has 0 saturated carbocycles. The third-order valence-electron chi connectivity index (χ3n) is 4.06. The Labute approximate surface area is 162 Å². The van der Waals surface area contributed by atoms with Crippen LogP contribution >= 0.6 is 0 Å². The molecule has 0 aliphatic rings. The van der Waals surface area contributed by atoms with Gasteiger partial charge in [-0.2, -0.15) is 0 Å². The van der Waals surface area contributed by atoms with Gasteiger partial charge in [-0.05, 0) is 31.5 Å². The minimum Gasteiger partial charge on any atom is -0.397 e. The molecule has 0 unspecified atom stereocenters. The highest BCUT2D eigenvalue weighted by Crippen LogP contribution is 2.20. The van der Waals surface area contributed by atoms with Gasteiger partial charge < -0.3 is 14.9 Å². The molecular formula is C22H33N5. The van der Waals surface area contributed by atoms with Crippen molar-refractivity contribution in [2.75, 3.05) is 5.73 Å². The lowest BCUT2D eigenvalue weighted by molar-refractivity contribution is 0.796. The summed E-state index contributed by atoms with van der Waals surface area (Å²) < 4.78 is 4.17. The highest BCUT2D eigenvalue weighted by atomic mass is 15.0. The number of fused-ring (bicyclic) bond motifs is 2. The normalized spacial score (nSPS) is 9.59. The molecule has 5 nitrogen and oxygen atoms in total. The van der Waals surface area contributed by atoms with Gasteiger partial charge in [0, 0.05) is 49.2 Å². The first-order valence-corrected chi connectivity index (χ1v) is 9.65. The molecule has 0 fully saturated rings. The van der Waals surface area contributed by atoms with Crippen molar-refractivity contribution in [3.8, 4) is 0 Å². The third-order valence-corrected chi connectivity index (χ3v) is 4.06. The van der Waals surface area contributed by atoms with Crippen molar-refractivity contribution in [3.63, 3.8) is 0 Å². The van der Waals surface area contributed by atoms with Crippen LogP contribution in [0.1, 0.15) is 40.2 Å². The molecule has 0 radical (unpaired) electrons. The Bertz CT molecular complexity index is 914. The largest absolute Gasteiger partial charge is 0.397 e. The van der Waals surface area contributed by atoms with Crippen molar-refractivity contribution in [1.82, 2.24) is 19.1 Å². The maximum absolute atomic E-state index is 5.73. The van der Waals surface area contributed by atoms with Crippen LogP contribution in [0.3, 0.4) is 0 Å². The Morgan fingerprint density at radius 3 is 2.22 bits per heavy atom. The summed E-state index contributed by atoms with van der Waals surface area (Å²) >= 11 is 0. The van der Waals surface area contributed by atoms with E-state index in [0.717, 1.165) is 23.1 Å². The summed E-state index contributed by atoms with van der Waals surface area (Å²) in [5.41, 5.74) is 10.1. The second-order valence-electron chi connectivity index (χ2n) is 5.58. The minimum atomic E-state index is 0.810. The molecule has 4 aromatic rings. The number of nitrogens with zero attached hydrogens (tertiary/aromatic N) is 4. The van der Waals surface area contributed by atoms with Crippen LogP contribution < -0.4 is 5.73 Å². The van der Waals surface area contributed by atoms with E-state index in [4.69, 9.17) is 5.73 Å². The van der Waals surface area contributed by atoms with E-state index in [2.05, 4.69) is 40.6 Å². The SMILES string of the molecule is CC.CC.CCn1ccc2c(C)cncc21.Cn1cc(N)c2ccncc21. The Hall–Kier alpha value is -2.82. The van der Waals surface area contributed by atoms with Gasteiger partial charge in [-0.1, -0.05) is 27.7 Å². The van der Waals surface area contributed by atoms with E-state index in [1.54, 1.807) is 6.20 Å². The predicted molar refractivity (Wildman–Crippen MR) is 118 cm³/mol. The van der Waals surface area contributed by atoms with E-state index in [0.29, 0.717) is 0 Å². The molecule has 4 aromatic heterocycles. The zero-order valence-corrected chi connectivity index (χ0v) is 17.7. The third kappa shape index (κ3) is 5.09. The van der Waals surface area contributed by atoms with Crippen LogP contribution in [0, 0.1) is 6.92 Å². The Balaban J connectivity index is 0.000000229. The van der Waals surface area contributed by atoms with Gasteiger partial charge in [-0.15, -0.1) is 0 Å². The van der Waals surface area contributed by atoms with E-state index in [9.17, 15) is 0 Å². The summed E-state index contributed by atoms with van der Waals surface area (Å²) in [5, 5.41) is 2.38. The lowest BCUT2D eigenvalue weighted by atomic mass is 10.2. The number of aryl methyl sites for hydroxylation is 3. The standard InChI is InChI=1S/C10H12N2.C8H9N3.2C2H6/c1-3-12-5-4-9-8(2)6-11-7-10(9)12;1-11-5-7(9)6-2-3-10-4-8(6)11;2*1-2/h4-7H,3H2,1-2H3;2-5H,9H2,1H3;2*1-2H3. The quantitative estimate of drug-likeness (QED) is 0.478. The molecule has 0 saturated heterocycles. The smallest absolute Gasteiger partial charge is 0.0685 e. The van der Waals surface area contributed by atoms with Gasteiger partial charge in [0.05, 0.1) is 29.1 Å². The number of nitrogens with two attached hydrogens (primary N) is 1. The molecule has 0 aliphatic carbocycles. The van der Waals surface area contributed by atoms with Crippen LogP contribution in [0.5, 0.6) is 0 Å². The Morgan fingerprint density at radius 1 is 0.926 bits per heavy atom. The summed E-state index contributed by atoms with van der Waals surface area (Å²) in [7, 11) is 1.96. The monoisotopic (exact) mass is 367 g/mol. The second kappa shape index (κ2) is 11.0. The molecule has 0 aromatic carbocycles. The molecule has 0 amide bonds. The number of nitrogen functional groups attached to an aromatic ring is 1. The maximum Gasteiger partial charge on any atom is 0.0685 e. The van der Waals surface area contributed by atoms with E-state index < -0.39 is 0 Å². The van der Waals surface area contributed by atoms with E-state index in [1.165, 1.54) is 16.5 Å². The summed E-state index contributed by atoms with van der Waals surface area (Å²) in [6, 6.07) is 4.07. The Kier molecular flexibility index (Phi) is 9.06. The molecule has 146 valence electrons. The molecule has 27 heavy (non-hydrogen) atoms. The van der Waals surface area contributed by atoms with E-state index >= 15 is 0 Å².